The minimum absolute atomic E-state index is 0.0253. The summed E-state index contributed by atoms with van der Waals surface area (Å²) in [5.41, 5.74) is 2.27. The molecule has 1 amide bonds. The molecule has 1 aromatic heterocycles. The van der Waals surface area contributed by atoms with Crippen molar-refractivity contribution in [3.05, 3.63) is 58.0 Å². The maximum absolute atomic E-state index is 13.1. The van der Waals surface area contributed by atoms with Crippen LogP contribution in [0.2, 0.25) is 0 Å². The Morgan fingerprint density at radius 1 is 1.00 bits per heavy atom. The van der Waals surface area contributed by atoms with Crippen molar-refractivity contribution in [1.82, 2.24) is 14.0 Å². The molecule has 9 heteroatoms. The van der Waals surface area contributed by atoms with Gasteiger partial charge in [-0.25, -0.2) is 13.2 Å². The molecule has 3 aromatic rings. The second-order valence-electron chi connectivity index (χ2n) is 7.65. The molecule has 158 valence electrons. The molecular weight excluding hydrogens is 404 g/mol. The Morgan fingerprint density at radius 3 is 2.37 bits per heavy atom. The lowest BCUT2D eigenvalue weighted by atomic mass is 10.1. The molecule has 0 radical (unpaired) electrons. The van der Waals surface area contributed by atoms with Crippen molar-refractivity contribution in [3.63, 3.8) is 0 Å². The van der Waals surface area contributed by atoms with Crippen LogP contribution in [0.1, 0.15) is 28.8 Å². The minimum atomic E-state index is -3.97. The van der Waals surface area contributed by atoms with Crippen LogP contribution in [0, 0.1) is 6.92 Å². The average molecular weight is 429 g/mol. The van der Waals surface area contributed by atoms with Crippen molar-refractivity contribution >= 4 is 32.7 Å². The average Bonchev–Trinajstić information content (AvgIpc) is 3.32. The number of hydrogen-bond acceptors (Lipinski definition) is 4. The van der Waals surface area contributed by atoms with Gasteiger partial charge >= 0.3 is 5.69 Å². The van der Waals surface area contributed by atoms with E-state index in [-0.39, 0.29) is 22.2 Å². The number of anilines is 1. The monoisotopic (exact) mass is 428 g/mol. The van der Waals surface area contributed by atoms with Gasteiger partial charge in [0.05, 0.1) is 27.2 Å². The molecule has 0 aliphatic carbocycles. The number of fused-ring (bicyclic) bond motifs is 1. The van der Waals surface area contributed by atoms with E-state index in [2.05, 4.69) is 4.72 Å². The second-order valence-corrected chi connectivity index (χ2v) is 9.34. The first-order valence-corrected chi connectivity index (χ1v) is 11.3. The third-order valence-corrected chi connectivity index (χ3v) is 7.04. The highest BCUT2D eigenvalue weighted by atomic mass is 32.2. The first-order valence-electron chi connectivity index (χ1n) is 9.78. The highest BCUT2D eigenvalue weighted by Crippen LogP contribution is 2.27. The molecule has 1 fully saturated rings. The summed E-state index contributed by atoms with van der Waals surface area (Å²) in [6.45, 7) is 3.16. The summed E-state index contributed by atoms with van der Waals surface area (Å²) < 4.78 is 31.7. The van der Waals surface area contributed by atoms with E-state index in [1.54, 1.807) is 50.2 Å². The van der Waals surface area contributed by atoms with E-state index in [0.29, 0.717) is 35.2 Å². The number of sulfonamides is 1. The predicted molar refractivity (Wildman–Crippen MR) is 115 cm³/mol. The summed E-state index contributed by atoms with van der Waals surface area (Å²) >= 11 is 0. The number of carbonyl (C=O) groups is 1. The summed E-state index contributed by atoms with van der Waals surface area (Å²) in [5.74, 6) is -0.163. The molecular formula is C21H24N4O4S. The van der Waals surface area contributed by atoms with Crippen LogP contribution in [-0.2, 0) is 24.1 Å². The topological polar surface area (TPSA) is 93.4 Å². The molecule has 8 nitrogen and oxygen atoms in total. The first kappa shape index (κ1) is 20.2. The fourth-order valence-electron chi connectivity index (χ4n) is 3.97. The van der Waals surface area contributed by atoms with Gasteiger partial charge in [0.25, 0.3) is 15.9 Å². The number of imidazole rings is 1. The smallest absolute Gasteiger partial charge is 0.328 e. The van der Waals surface area contributed by atoms with Crippen LogP contribution in [-0.4, -0.2) is 41.4 Å². The lowest BCUT2D eigenvalue weighted by Gasteiger charge is -2.20. The lowest BCUT2D eigenvalue weighted by Crippen LogP contribution is -2.29. The van der Waals surface area contributed by atoms with Gasteiger partial charge in [0.15, 0.2) is 0 Å². The van der Waals surface area contributed by atoms with Crippen molar-refractivity contribution in [3.8, 4) is 0 Å². The molecule has 2 aromatic carbocycles. The quantitative estimate of drug-likeness (QED) is 0.690. The predicted octanol–water partition coefficient (Wildman–Crippen LogP) is 2.22. The lowest BCUT2D eigenvalue weighted by molar-refractivity contribution is 0.0793. The summed E-state index contributed by atoms with van der Waals surface area (Å²) in [6.07, 6.45) is 1.91. The van der Waals surface area contributed by atoms with E-state index in [4.69, 9.17) is 0 Å². The SMILES string of the molecule is Cc1cccc(NS(=O)(=O)c2ccc3c(c2)n(C)c(=O)n3C)c1C(=O)N1CCCC1. The van der Waals surface area contributed by atoms with E-state index in [0.717, 1.165) is 12.8 Å². The molecule has 0 saturated carbocycles. The number of amides is 1. The van der Waals surface area contributed by atoms with Crippen molar-refractivity contribution < 1.29 is 13.2 Å². The third kappa shape index (κ3) is 3.28. The van der Waals surface area contributed by atoms with Gasteiger partial charge in [0, 0.05) is 27.2 Å². The Morgan fingerprint density at radius 2 is 1.67 bits per heavy atom. The molecule has 1 N–H and O–H groups in total. The second kappa shape index (κ2) is 7.32. The highest BCUT2D eigenvalue weighted by molar-refractivity contribution is 7.92. The van der Waals surface area contributed by atoms with Gasteiger partial charge < -0.3 is 4.90 Å². The number of nitrogens with one attached hydrogen (secondary N) is 1. The Kier molecular flexibility index (Phi) is 4.93. The van der Waals surface area contributed by atoms with Crippen LogP contribution in [0.3, 0.4) is 0 Å². The summed E-state index contributed by atoms with van der Waals surface area (Å²) in [7, 11) is -0.729. The fourth-order valence-corrected chi connectivity index (χ4v) is 5.06. The standard InChI is InChI=1S/C21H24N4O4S/c1-14-7-6-8-16(19(14)20(26)25-11-4-5-12-25)22-30(28,29)15-9-10-17-18(13-15)24(3)21(27)23(17)2/h6-10,13,22H,4-5,11-12H2,1-3H3. The molecule has 1 saturated heterocycles. The fraction of sp³-hybridized carbons (Fsp3) is 0.333. The molecule has 1 aliphatic rings. The van der Waals surface area contributed by atoms with Crippen molar-refractivity contribution in [2.45, 2.75) is 24.7 Å². The van der Waals surface area contributed by atoms with E-state index in [1.165, 1.54) is 21.3 Å². The summed E-state index contributed by atoms with van der Waals surface area (Å²) in [6, 6.07) is 9.66. The van der Waals surface area contributed by atoms with Crippen molar-refractivity contribution in [2.75, 3.05) is 17.8 Å². The van der Waals surface area contributed by atoms with Gasteiger partial charge in [-0.1, -0.05) is 12.1 Å². The van der Waals surface area contributed by atoms with Crippen LogP contribution in [0.5, 0.6) is 0 Å². The van der Waals surface area contributed by atoms with Crippen molar-refractivity contribution in [2.24, 2.45) is 14.1 Å². The Labute approximate surface area is 174 Å². The number of carbonyl (C=O) groups excluding carboxylic acids is 1. The zero-order chi connectivity index (χ0) is 21.6. The number of aromatic nitrogens is 2. The van der Waals surface area contributed by atoms with Gasteiger partial charge in [0.1, 0.15) is 0 Å². The molecule has 1 aliphatic heterocycles. The Bertz CT molecular complexity index is 1310. The van der Waals surface area contributed by atoms with Crippen LogP contribution >= 0.6 is 0 Å². The summed E-state index contributed by atoms with van der Waals surface area (Å²) in [4.78, 5) is 26.9. The van der Waals surface area contributed by atoms with Gasteiger partial charge in [-0.2, -0.15) is 0 Å². The summed E-state index contributed by atoms with van der Waals surface area (Å²) in [5, 5.41) is 0. The molecule has 4 rings (SSSR count). The van der Waals surface area contributed by atoms with Gasteiger partial charge in [-0.05, 0) is 49.6 Å². The normalized spacial score (nSPS) is 14.4. The molecule has 0 unspecified atom stereocenters. The molecule has 30 heavy (non-hydrogen) atoms. The molecule has 0 bridgehead atoms. The van der Waals surface area contributed by atoms with Crippen LogP contribution in [0.4, 0.5) is 5.69 Å². The maximum Gasteiger partial charge on any atom is 0.328 e. The minimum Gasteiger partial charge on any atom is -0.339 e. The number of likely N-dealkylation sites (tertiary alicyclic amines) is 1. The molecule has 0 atom stereocenters. The highest BCUT2D eigenvalue weighted by Gasteiger charge is 2.26. The van der Waals surface area contributed by atoms with Crippen LogP contribution in [0.25, 0.3) is 11.0 Å². The number of hydrogen-bond donors (Lipinski definition) is 1. The Hall–Kier alpha value is -3.07. The van der Waals surface area contributed by atoms with Gasteiger partial charge in [-0.3, -0.25) is 18.7 Å². The molecule has 0 spiro atoms. The number of nitrogens with zero attached hydrogens (tertiary/aromatic N) is 3. The van der Waals surface area contributed by atoms with Gasteiger partial charge in [-0.15, -0.1) is 0 Å². The van der Waals surface area contributed by atoms with E-state index < -0.39 is 10.0 Å². The number of aryl methyl sites for hydroxylation is 3. The third-order valence-electron chi connectivity index (χ3n) is 5.68. The Balaban J connectivity index is 1.75. The zero-order valence-electron chi connectivity index (χ0n) is 17.2. The van der Waals surface area contributed by atoms with Gasteiger partial charge in [0.2, 0.25) is 0 Å². The van der Waals surface area contributed by atoms with Crippen molar-refractivity contribution in [1.29, 1.82) is 0 Å². The van der Waals surface area contributed by atoms with E-state index in [1.807, 2.05) is 0 Å². The van der Waals surface area contributed by atoms with Crippen LogP contribution in [0.15, 0.2) is 46.1 Å². The van der Waals surface area contributed by atoms with E-state index >= 15 is 0 Å². The van der Waals surface area contributed by atoms with E-state index in [9.17, 15) is 18.0 Å². The molecule has 2 heterocycles. The number of benzene rings is 2. The zero-order valence-corrected chi connectivity index (χ0v) is 18.0. The largest absolute Gasteiger partial charge is 0.339 e. The maximum atomic E-state index is 13.1. The van der Waals surface area contributed by atoms with Crippen LogP contribution < -0.4 is 10.4 Å². The first-order chi connectivity index (χ1) is 14.2. The number of rotatable bonds is 4.